The number of aliphatic hydroxyl groups is 1. The summed E-state index contributed by atoms with van der Waals surface area (Å²) in [6.45, 7) is -0.0568. The zero-order valence-electron chi connectivity index (χ0n) is 9.97. The first-order valence-electron chi connectivity index (χ1n) is 5.58. The van der Waals surface area contributed by atoms with Gasteiger partial charge in [-0.3, -0.25) is 4.79 Å². The van der Waals surface area contributed by atoms with Gasteiger partial charge in [0, 0.05) is 4.47 Å². The lowest BCUT2D eigenvalue weighted by Crippen LogP contribution is -2.11. The summed E-state index contributed by atoms with van der Waals surface area (Å²) < 4.78 is 6.38. The van der Waals surface area contributed by atoms with Crippen molar-refractivity contribution in [3.05, 3.63) is 58.1 Å². The highest BCUT2D eigenvalue weighted by atomic mass is 79.9. The second-order valence-electron chi connectivity index (χ2n) is 3.87. The Morgan fingerprint density at radius 1 is 1.26 bits per heavy atom. The van der Waals surface area contributed by atoms with Crippen LogP contribution in [0.1, 0.15) is 15.9 Å². The van der Waals surface area contributed by atoms with E-state index in [1.807, 2.05) is 0 Å². The van der Waals surface area contributed by atoms with Gasteiger partial charge < -0.3 is 15.6 Å². The predicted molar refractivity (Wildman–Crippen MR) is 75.1 cm³/mol. The number of carbonyl (C=O) groups is 1. The first-order valence-corrected chi connectivity index (χ1v) is 6.37. The Labute approximate surface area is 118 Å². The Hall–Kier alpha value is -1.85. The summed E-state index contributed by atoms with van der Waals surface area (Å²) in [5.41, 5.74) is 6.37. The van der Waals surface area contributed by atoms with E-state index in [0.29, 0.717) is 17.1 Å². The summed E-state index contributed by atoms with van der Waals surface area (Å²) in [6.07, 6.45) is 0. The monoisotopic (exact) mass is 321 g/mol. The molecule has 5 heteroatoms. The third-order valence-corrected chi connectivity index (χ3v) is 3.31. The standard InChI is InChI=1S/C14H12BrNO3/c15-12-7-10(6-5-9(12)8-17)19-13-4-2-1-3-11(13)14(16)18/h1-7,17H,8H2,(H2,16,18). The van der Waals surface area contributed by atoms with Crippen molar-refractivity contribution >= 4 is 21.8 Å². The predicted octanol–water partition coefficient (Wildman–Crippen LogP) is 2.83. The van der Waals surface area contributed by atoms with Gasteiger partial charge in [-0.1, -0.05) is 34.1 Å². The number of nitrogens with two attached hydrogens (primary N) is 1. The summed E-state index contributed by atoms with van der Waals surface area (Å²) in [6, 6.07) is 11.9. The fraction of sp³-hybridized carbons (Fsp3) is 0.0714. The SMILES string of the molecule is NC(=O)c1ccccc1Oc1ccc(CO)c(Br)c1. The van der Waals surface area contributed by atoms with Gasteiger partial charge in [0.25, 0.3) is 5.91 Å². The molecule has 3 N–H and O–H groups in total. The van der Waals surface area contributed by atoms with Gasteiger partial charge in [0.15, 0.2) is 0 Å². The number of amides is 1. The van der Waals surface area contributed by atoms with Gasteiger partial charge >= 0.3 is 0 Å². The zero-order valence-corrected chi connectivity index (χ0v) is 11.6. The number of para-hydroxylation sites is 1. The number of benzene rings is 2. The van der Waals surface area contributed by atoms with E-state index >= 15 is 0 Å². The van der Waals surface area contributed by atoms with Gasteiger partial charge in [0.2, 0.25) is 0 Å². The molecule has 0 saturated carbocycles. The molecule has 0 aliphatic heterocycles. The minimum Gasteiger partial charge on any atom is -0.456 e. The van der Waals surface area contributed by atoms with Gasteiger partial charge in [-0.15, -0.1) is 0 Å². The lowest BCUT2D eigenvalue weighted by atomic mass is 10.2. The number of hydrogen-bond acceptors (Lipinski definition) is 3. The van der Waals surface area contributed by atoms with Crippen LogP contribution < -0.4 is 10.5 Å². The van der Waals surface area contributed by atoms with E-state index in [9.17, 15) is 4.79 Å². The zero-order chi connectivity index (χ0) is 13.8. The molecule has 0 heterocycles. The number of primary amides is 1. The van der Waals surface area contributed by atoms with Crippen molar-refractivity contribution in [3.8, 4) is 11.5 Å². The van der Waals surface area contributed by atoms with Crippen molar-refractivity contribution in [3.63, 3.8) is 0 Å². The molecule has 2 aromatic carbocycles. The van der Waals surface area contributed by atoms with Crippen LogP contribution in [0.3, 0.4) is 0 Å². The van der Waals surface area contributed by atoms with Crippen molar-refractivity contribution in [1.82, 2.24) is 0 Å². The molecule has 2 rings (SSSR count). The second kappa shape index (κ2) is 5.86. The molecule has 0 saturated heterocycles. The smallest absolute Gasteiger partial charge is 0.252 e. The quantitative estimate of drug-likeness (QED) is 0.909. The first kappa shape index (κ1) is 13.6. The normalized spacial score (nSPS) is 10.2. The molecule has 1 amide bonds. The Balaban J connectivity index is 2.31. The number of rotatable bonds is 4. The van der Waals surface area contributed by atoms with E-state index < -0.39 is 5.91 Å². The van der Waals surface area contributed by atoms with Gasteiger partial charge in [0.1, 0.15) is 11.5 Å². The maximum Gasteiger partial charge on any atom is 0.252 e. The van der Waals surface area contributed by atoms with Crippen LogP contribution in [0.5, 0.6) is 11.5 Å². The number of hydrogen-bond donors (Lipinski definition) is 2. The maximum atomic E-state index is 11.3. The second-order valence-corrected chi connectivity index (χ2v) is 4.73. The number of carbonyl (C=O) groups excluding carboxylic acids is 1. The summed E-state index contributed by atoms with van der Waals surface area (Å²) in [5, 5.41) is 9.08. The van der Waals surface area contributed by atoms with E-state index in [4.69, 9.17) is 15.6 Å². The van der Waals surface area contributed by atoms with E-state index in [1.165, 1.54) is 0 Å². The third kappa shape index (κ3) is 3.13. The van der Waals surface area contributed by atoms with E-state index in [2.05, 4.69) is 15.9 Å². The van der Waals surface area contributed by atoms with Crippen molar-refractivity contribution in [2.45, 2.75) is 6.61 Å². The minimum atomic E-state index is -0.540. The van der Waals surface area contributed by atoms with E-state index in [-0.39, 0.29) is 6.61 Å². The highest BCUT2D eigenvalue weighted by molar-refractivity contribution is 9.10. The molecule has 98 valence electrons. The molecule has 0 bridgehead atoms. The van der Waals surface area contributed by atoms with Crippen LogP contribution in [0.25, 0.3) is 0 Å². The largest absolute Gasteiger partial charge is 0.456 e. The molecular weight excluding hydrogens is 310 g/mol. The molecule has 4 nitrogen and oxygen atoms in total. The minimum absolute atomic E-state index is 0.0568. The Kier molecular flexibility index (Phi) is 4.19. The lowest BCUT2D eigenvalue weighted by Gasteiger charge is -2.10. The molecular formula is C14H12BrNO3. The highest BCUT2D eigenvalue weighted by Crippen LogP contribution is 2.29. The number of ether oxygens (including phenoxy) is 1. The van der Waals surface area contributed by atoms with Crippen molar-refractivity contribution in [2.24, 2.45) is 5.73 Å². The van der Waals surface area contributed by atoms with E-state index in [0.717, 1.165) is 10.0 Å². The van der Waals surface area contributed by atoms with Crippen LogP contribution in [0.15, 0.2) is 46.9 Å². The Bertz CT molecular complexity index is 613. The third-order valence-electron chi connectivity index (χ3n) is 2.58. The molecule has 0 unspecified atom stereocenters. The average Bonchev–Trinajstić information content (AvgIpc) is 2.39. The molecule has 19 heavy (non-hydrogen) atoms. The molecule has 0 aliphatic carbocycles. The molecule has 2 aromatic rings. The summed E-state index contributed by atoms with van der Waals surface area (Å²) >= 11 is 3.34. The van der Waals surface area contributed by atoms with Crippen LogP contribution in [-0.4, -0.2) is 11.0 Å². The molecule has 0 spiro atoms. The van der Waals surface area contributed by atoms with Gasteiger partial charge in [-0.25, -0.2) is 0 Å². The van der Waals surface area contributed by atoms with Gasteiger partial charge in [-0.2, -0.15) is 0 Å². The van der Waals surface area contributed by atoms with Crippen LogP contribution in [0, 0.1) is 0 Å². The topological polar surface area (TPSA) is 72.6 Å². The Morgan fingerprint density at radius 2 is 2.00 bits per heavy atom. The van der Waals surface area contributed by atoms with Crippen LogP contribution >= 0.6 is 15.9 Å². The molecule has 0 atom stereocenters. The maximum absolute atomic E-state index is 11.3. The fourth-order valence-corrected chi connectivity index (χ4v) is 2.09. The molecule has 0 radical (unpaired) electrons. The van der Waals surface area contributed by atoms with Crippen molar-refractivity contribution < 1.29 is 14.6 Å². The van der Waals surface area contributed by atoms with Crippen LogP contribution in [0.4, 0.5) is 0 Å². The molecule has 0 fully saturated rings. The molecule has 0 aromatic heterocycles. The van der Waals surface area contributed by atoms with Crippen LogP contribution in [-0.2, 0) is 6.61 Å². The average molecular weight is 322 g/mol. The van der Waals surface area contributed by atoms with Gasteiger partial charge in [0.05, 0.1) is 12.2 Å². The Morgan fingerprint density at radius 3 is 2.63 bits per heavy atom. The van der Waals surface area contributed by atoms with Gasteiger partial charge in [-0.05, 0) is 29.8 Å². The summed E-state index contributed by atoms with van der Waals surface area (Å²) in [5.74, 6) is 0.415. The molecule has 0 aliphatic rings. The first-order chi connectivity index (χ1) is 9.11. The summed E-state index contributed by atoms with van der Waals surface area (Å²) in [7, 11) is 0. The van der Waals surface area contributed by atoms with E-state index in [1.54, 1.807) is 42.5 Å². The highest BCUT2D eigenvalue weighted by Gasteiger charge is 2.10. The van der Waals surface area contributed by atoms with Crippen molar-refractivity contribution in [2.75, 3.05) is 0 Å². The summed E-state index contributed by atoms with van der Waals surface area (Å²) in [4.78, 5) is 11.3. The number of halogens is 1. The number of aliphatic hydroxyl groups excluding tert-OH is 1. The van der Waals surface area contributed by atoms with Crippen LogP contribution in [0.2, 0.25) is 0 Å². The fourth-order valence-electron chi connectivity index (χ4n) is 1.61. The lowest BCUT2D eigenvalue weighted by molar-refractivity contribution is 0.0998. The van der Waals surface area contributed by atoms with Crippen molar-refractivity contribution in [1.29, 1.82) is 0 Å².